The molecular weight excluding hydrogens is 606 g/mol. The third-order valence-electron chi connectivity index (χ3n) is 7.62. The van der Waals surface area contributed by atoms with Crippen molar-refractivity contribution in [2.45, 2.75) is 58.0 Å². The number of sulfonamides is 1. The lowest BCUT2D eigenvalue weighted by Crippen LogP contribution is -2.53. The normalized spacial score (nSPS) is 11.9. The summed E-state index contributed by atoms with van der Waals surface area (Å²) in [7, 11) is -4.21. The maximum atomic E-state index is 14.5. The first-order valence-electron chi connectivity index (χ1n) is 15.0. The van der Waals surface area contributed by atoms with Crippen LogP contribution in [-0.2, 0) is 32.6 Å². The Morgan fingerprint density at radius 3 is 2.07 bits per heavy atom. The van der Waals surface area contributed by atoms with Crippen molar-refractivity contribution < 1.29 is 18.0 Å². The van der Waals surface area contributed by atoms with Crippen LogP contribution in [0.15, 0.2) is 102 Å². The highest BCUT2D eigenvalue weighted by Crippen LogP contribution is 2.30. The molecule has 236 valence electrons. The molecule has 9 heteroatoms. The van der Waals surface area contributed by atoms with Crippen molar-refractivity contribution in [1.82, 2.24) is 10.2 Å². The standard InChI is InChI=1S/C36H40ClN3O4S/c1-5-21-38-36(42)34(22-29-9-7-6-8-10-29)39(24-30-16-11-26(2)12-17-30)35(41)25-40(33-23-31(37)18-15-28(33)4)45(43,44)32-19-13-27(3)14-20-32/h6-20,23,34H,5,21-22,24-25H2,1-4H3,(H,38,42). The Morgan fingerprint density at radius 1 is 0.822 bits per heavy atom. The molecule has 1 atom stereocenters. The van der Waals surface area contributed by atoms with Crippen LogP contribution in [0.25, 0.3) is 0 Å². The Balaban J connectivity index is 1.82. The molecule has 4 aromatic carbocycles. The van der Waals surface area contributed by atoms with Crippen LogP contribution in [0.3, 0.4) is 0 Å². The van der Waals surface area contributed by atoms with E-state index < -0.39 is 28.5 Å². The SMILES string of the molecule is CCCNC(=O)C(Cc1ccccc1)N(Cc1ccc(C)cc1)C(=O)CN(c1cc(Cl)ccc1C)S(=O)(=O)c1ccc(C)cc1. The number of amides is 2. The largest absolute Gasteiger partial charge is 0.354 e. The molecule has 4 rings (SSSR count). The van der Waals surface area contributed by atoms with E-state index in [1.54, 1.807) is 37.3 Å². The molecule has 0 aliphatic heterocycles. The van der Waals surface area contributed by atoms with Crippen molar-refractivity contribution in [1.29, 1.82) is 0 Å². The third-order valence-corrected chi connectivity index (χ3v) is 9.63. The van der Waals surface area contributed by atoms with Crippen LogP contribution in [0.1, 0.15) is 41.2 Å². The average Bonchev–Trinajstić information content (AvgIpc) is 3.03. The van der Waals surface area contributed by atoms with Gasteiger partial charge in [0.1, 0.15) is 12.6 Å². The molecule has 0 aliphatic carbocycles. The highest BCUT2D eigenvalue weighted by Gasteiger charge is 2.35. The first kappa shape index (κ1) is 33.7. The molecule has 1 unspecified atom stereocenters. The number of hydrogen-bond acceptors (Lipinski definition) is 4. The molecule has 0 aliphatic rings. The fourth-order valence-electron chi connectivity index (χ4n) is 5.01. The summed E-state index contributed by atoms with van der Waals surface area (Å²) in [6.07, 6.45) is 0.987. The van der Waals surface area contributed by atoms with Crippen molar-refractivity contribution in [3.8, 4) is 0 Å². The first-order valence-corrected chi connectivity index (χ1v) is 16.8. The van der Waals surface area contributed by atoms with Crippen LogP contribution in [0.2, 0.25) is 5.02 Å². The number of rotatable bonds is 13. The summed E-state index contributed by atoms with van der Waals surface area (Å²) in [4.78, 5) is 29.8. The Bertz CT molecular complexity index is 1710. The average molecular weight is 646 g/mol. The van der Waals surface area contributed by atoms with Gasteiger partial charge in [0.05, 0.1) is 10.6 Å². The van der Waals surface area contributed by atoms with Gasteiger partial charge in [-0.05, 0) is 68.1 Å². The van der Waals surface area contributed by atoms with E-state index in [0.717, 1.165) is 33.0 Å². The summed E-state index contributed by atoms with van der Waals surface area (Å²) in [6.45, 7) is 7.62. The second-order valence-electron chi connectivity index (χ2n) is 11.3. The molecule has 4 aromatic rings. The summed E-state index contributed by atoms with van der Waals surface area (Å²) >= 11 is 6.36. The molecule has 7 nitrogen and oxygen atoms in total. The number of nitrogens with zero attached hydrogens (tertiary/aromatic N) is 2. The molecule has 0 heterocycles. The van der Waals surface area contributed by atoms with Crippen molar-refractivity contribution >= 4 is 39.1 Å². The topological polar surface area (TPSA) is 86.8 Å². The van der Waals surface area contributed by atoms with Gasteiger partial charge in [-0.2, -0.15) is 0 Å². The molecule has 0 saturated heterocycles. The lowest BCUT2D eigenvalue weighted by Gasteiger charge is -2.34. The Hall–Kier alpha value is -4.14. The van der Waals surface area contributed by atoms with Gasteiger partial charge in [0.25, 0.3) is 10.0 Å². The summed E-state index contributed by atoms with van der Waals surface area (Å²) in [5.41, 5.74) is 4.59. The van der Waals surface area contributed by atoms with E-state index in [1.807, 2.05) is 75.4 Å². The summed E-state index contributed by atoms with van der Waals surface area (Å²) < 4.78 is 29.6. The Labute approximate surface area is 271 Å². The van der Waals surface area contributed by atoms with Gasteiger partial charge in [0, 0.05) is 24.5 Å². The fourth-order valence-corrected chi connectivity index (χ4v) is 6.65. The lowest BCUT2D eigenvalue weighted by molar-refractivity contribution is -0.140. The molecule has 0 aromatic heterocycles. The lowest BCUT2D eigenvalue weighted by atomic mass is 10.0. The van der Waals surface area contributed by atoms with Crippen molar-refractivity contribution in [3.63, 3.8) is 0 Å². The predicted octanol–water partition coefficient (Wildman–Crippen LogP) is 6.63. The zero-order valence-electron chi connectivity index (χ0n) is 26.2. The molecule has 0 radical (unpaired) electrons. The summed E-state index contributed by atoms with van der Waals surface area (Å²) in [5.74, 6) is -0.814. The van der Waals surface area contributed by atoms with E-state index in [0.29, 0.717) is 22.8 Å². The van der Waals surface area contributed by atoms with Gasteiger partial charge < -0.3 is 10.2 Å². The monoisotopic (exact) mass is 645 g/mol. The van der Waals surface area contributed by atoms with Crippen molar-refractivity contribution in [2.24, 2.45) is 0 Å². The number of carbonyl (C=O) groups excluding carboxylic acids is 2. The van der Waals surface area contributed by atoms with Crippen molar-refractivity contribution in [2.75, 3.05) is 17.4 Å². The van der Waals surface area contributed by atoms with E-state index in [-0.39, 0.29) is 23.8 Å². The molecule has 0 bridgehead atoms. The maximum Gasteiger partial charge on any atom is 0.264 e. The molecule has 0 saturated carbocycles. The van der Waals surface area contributed by atoms with Crippen LogP contribution in [-0.4, -0.2) is 44.3 Å². The zero-order valence-corrected chi connectivity index (χ0v) is 27.7. The third kappa shape index (κ3) is 8.74. The number of carbonyl (C=O) groups is 2. The van der Waals surface area contributed by atoms with Crippen molar-refractivity contribution in [3.05, 3.63) is 130 Å². The van der Waals surface area contributed by atoms with Gasteiger partial charge in [-0.3, -0.25) is 13.9 Å². The Kier molecular flexibility index (Phi) is 11.4. The van der Waals surface area contributed by atoms with Crippen LogP contribution in [0.5, 0.6) is 0 Å². The van der Waals surface area contributed by atoms with Crippen LogP contribution < -0.4 is 9.62 Å². The smallest absolute Gasteiger partial charge is 0.264 e. The highest BCUT2D eigenvalue weighted by molar-refractivity contribution is 7.92. The van der Waals surface area contributed by atoms with E-state index in [9.17, 15) is 18.0 Å². The molecule has 1 N–H and O–H groups in total. The Morgan fingerprint density at radius 2 is 1.44 bits per heavy atom. The summed E-state index contributed by atoms with van der Waals surface area (Å²) in [6, 6.07) is 27.8. The molecular formula is C36H40ClN3O4S. The summed E-state index contributed by atoms with van der Waals surface area (Å²) in [5, 5.41) is 3.30. The van der Waals surface area contributed by atoms with Gasteiger partial charge in [0.2, 0.25) is 11.8 Å². The quantitative estimate of drug-likeness (QED) is 0.177. The van der Waals surface area contributed by atoms with Crippen LogP contribution >= 0.6 is 11.6 Å². The van der Waals surface area contributed by atoms with E-state index in [4.69, 9.17) is 11.6 Å². The highest BCUT2D eigenvalue weighted by atomic mass is 35.5. The second kappa shape index (κ2) is 15.2. The van der Waals surface area contributed by atoms with Gasteiger partial charge in [-0.25, -0.2) is 8.42 Å². The molecule has 45 heavy (non-hydrogen) atoms. The number of benzene rings is 4. The minimum absolute atomic E-state index is 0.0480. The van der Waals surface area contributed by atoms with E-state index in [2.05, 4.69) is 5.32 Å². The van der Waals surface area contributed by atoms with Gasteiger partial charge in [0.15, 0.2) is 0 Å². The number of nitrogens with one attached hydrogen (secondary N) is 1. The second-order valence-corrected chi connectivity index (χ2v) is 13.6. The molecule has 0 spiro atoms. The van der Waals surface area contributed by atoms with Gasteiger partial charge >= 0.3 is 0 Å². The van der Waals surface area contributed by atoms with E-state index in [1.165, 1.54) is 17.0 Å². The van der Waals surface area contributed by atoms with Crippen LogP contribution in [0.4, 0.5) is 5.69 Å². The maximum absolute atomic E-state index is 14.5. The number of hydrogen-bond donors (Lipinski definition) is 1. The fraction of sp³-hybridized carbons (Fsp3) is 0.278. The van der Waals surface area contributed by atoms with E-state index >= 15 is 0 Å². The number of anilines is 1. The first-order chi connectivity index (χ1) is 21.5. The molecule has 0 fully saturated rings. The predicted molar refractivity (Wildman–Crippen MR) is 181 cm³/mol. The number of aryl methyl sites for hydroxylation is 3. The van der Waals surface area contributed by atoms with Gasteiger partial charge in [-0.1, -0.05) is 102 Å². The van der Waals surface area contributed by atoms with Gasteiger partial charge in [-0.15, -0.1) is 0 Å². The number of halogens is 1. The van der Waals surface area contributed by atoms with Crippen LogP contribution in [0, 0.1) is 20.8 Å². The minimum atomic E-state index is -4.21. The molecule has 2 amide bonds. The minimum Gasteiger partial charge on any atom is -0.354 e. The zero-order chi connectivity index (χ0) is 32.6.